The number of aromatic nitrogens is 1. The molecule has 0 amide bonds. The van der Waals surface area contributed by atoms with E-state index in [9.17, 15) is 13.2 Å². The van der Waals surface area contributed by atoms with Gasteiger partial charge in [0.25, 0.3) is 0 Å². The Kier molecular flexibility index (Phi) is 3.48. The SMILES string of the molecule is N#Cc1ccnc(-c2ccc(OC(F)(F)F)cc2)c1N. The number of benzene rings is 1. The third-order valence-corrected chi connectivity index (χ3v) is 2.47. The molecule has 1 heterocycles. The van der Waals surface area contributed by atoms with Gasteiger partial charge in [0.1, 0.15) is 11.8 Å². The van der Waals surface area contributed by atoms with E-state index in [4.69, 9.17) is 11.0 Å². The van der Waals surface area contributed by atoms with Crippen LogP contribution in [0.3, 0.4) is 0 Å². The van der Waals surface area contributed by atoms with E-state index in [1.807, 2.05) is 6.07 Å². The molecule has 0 fully saturated rings. The molecule has 0 saturated heterocycles. The number of alkyl halides is 3. The Morgan fingerprint density at radius 1 is 1.15 bits per heavy atom. The van der Waals surface area contributed by atoms with Gasteiger partial charge < -0.3 is 10.5 Å². The minimum absolute atomic E-state index is 0.180. The Hall–Kier alpha value is -2.75. The van der Waals surface area contributed by atoms with Crippen molar-refractivity contribution in [2.45, 2.75) is 6.36 Å². The van der Waals surface area contributed by atoms with Gasteiger partial charge >= 0.3 is 6.36 Å². The van der Waals surface area contributed by atoms with Crippen molar-refractivity contribution < 1.29 is 17.9 Å². The average molecular weight is 279 g/mol. The summed E-state index contributed by atoms with van der Waals surface area (Å²) in [5, 5.41) is 8.86. The highest BCUT2D eigenvalue weighted by Gasteiger charge is 2.31. The van der Waals surface area contributed by atoms with Crippen LogP contribution in [-0.2, 0) is 0 Å². The molecule has 0 spiro atoms. The van der Waals surface area contributed by atoms with Crippen LogP contribution in [0.25, 0.3) is 11.3 Å². The fourth-order valence-corrected chi connectivity index (χ4v) is 1.62. The second-order valence-electron chi connectivity index (χ2n) is 3.80. The highest BCUT2D eigenvalue weighted by Crippen LogP contribution is 2.29. The van der Waals surface area contributed by atoms with E-state index >= 15 is 0 Å². The molecule has 0 bridgehead atoms. The quantitative estimate of drug-likeness (QED) is 0.916. The molecule has 1 aromatic heterocycles. The molecule has 4 nitrogen and oxygen atoms in total. The summed E-state index contributed by atoms with van der Waals surface area (Å²) in [7, 11) is 0. The van der Waals surface area contributed by atoms with E-state index in [1.165, 1.54) is 24.4 Å². The summed E-state index contributed by atoms with van der Waals surface area (Å²) in [6.45, 7) is 0. The number of nitrogens with zero attached hydrogens (tertiary/aromatic N) is 2. The molecule has 0 unspecified atom stereocenters. The number of pyridine rings is 1. The van der Waals surface area contributed by atoms with Crippen LogP contribution in [0.4, 0.5) is 18.9 Å². The lowest BCUT2D eigenvalue weighted by Crippen LogP contribution is -2.16. The largest absolute Gasteiger partial charge is 0.573 e. The van der Waals surface area contributed by atoms with E-state index in [0.717, 1.165) is 12.1 Å². The molecule has 0 aliphatic rings. The summed E-state index contributed by atoms with van der Waals surface area (Å²) in [6, 6.07) is 8.46. The van der Waals surface area contributed by atoms with Gasteiger partial charge in [-0.05, 0) is 30.3 Å². The molecule has 102 valence electrons. The number of nitrogen functional groups attached to an aromatic ring is 1. The second kappa shape index (κ2) is 5.09. The third kappa shape index (κ3) is 2.98. The molecule has 2 aromatic rings. The predicted molar refractivity (Wildman–Crippen MR) is 65.5 cm³/mol. The van der Waals surface area contributed by atoms with Crippen molar-refractivity contribution in [1.29, 1.82) is 5.26 Å². The maximum atomic E-state index is 12.0. The minimum Gasteiger partial charge on any atom is -0.406 e. The summed E-state index contributed by atoms with van der Waals surface area (Å²) in [5.74, 6) is -0.337. The molecular formula is C13H8F3N3O. The van der Waals surface area contributed by atoms with Gasteiger partial charge in [0.15, 0.2) is 0 Å². The highest BCUT2D eigenvalue weighted by molar-refractivity contribution is 5.76. The number of ether oxygens (including phenoxy) is 1. The first-order valence-electron chi connectivity index (χ1n) is 5.41. The van der Waals surface area contributed by atoms with Crippen LogP contribution in [0.1, 0.15) is 5.56 Å². The number of hydrogen-bond acceptors (Lipinski definition) is 4. The topological polar surface area (TPSA) is 71.9 Å². The van der Waals surface area contributed by atoms with E-state index in [1.54, 1.807) is 0 Å². The van der Waals surface area contributed by atoms with Crippen molar-refractivity contribution in [3.05, 3.63) is 42.1 Å². The maximum absolute atomic E-state index is 12.0. The normalized spacial score (nSPS) is 10.9. The fraction of sp³-hybridized carbons (Fsp3) is 0.0769. The van der Waals surface area contributed by atoms with Gasteiger partial charge in [-0.2, -0.15) is 5.26 Å². The molecule has 2 rings (SSSR count). The smallest absolute Gasteiger partial charge is 0.406 e. The highest BCUT2D eigenvalue weighted by atomic mass is 19.4. The van der Waals surface area contributed by atoms with Crippen LogP contribution >= 0.6 is 0 Å². The number of nitrogens with two attached hydrogens (primary N) is 1. The van der Waals surface area contributed by atoms with Gasteiger partial charge in [0.2, 0.25) is 0 Å². The number of nitriles is 1. The summed E-state index contributed by atoms with van der Waals surface area (Å²) < 4.78 is 39.9. The molecule has 0 saturated carbocycles. The Balaban J connectivity index is 2.34. The predicted octanol–water partition coefficient (Wildman–Crippen LogP) is 3.10. The summed E-state index contributed by atoms with van der Waals surface area (Å²) in [6.07, 6.45) is -3.33. The average Bonchev–Trinajstić information content (AvgIpc) is 2.38. The van der Waals surface area contributed by atoms with Crippen LogP contribution in [-0.4, -0.2) is 11.3 Å². The van der Waals surface area contributed by atoms with E-state index in [-0.39, 0.29) is 17.0 Å². The van der Waals surface area contributed by atoms with Gasteiger partial charge in [0, 0.05) is 11.8 Å². The molecule has 7 heteroatoms. The van der Waals surface area contributed by atoms with Gasteiger partial charge in [-0.1, -0.05) is 0 Å². The Bertz CT molecular complexity index is 660. The molecule has 20 heavy (non-hydrogen) atoms. The number of rotatable bonds is 2. The van der Waals surface area contributed by atoms with Gasteiger partial charge in [0.05, 0.1) is 16.9 Å². The zero-order valence-corrected chi connectivity index (χ0v) is 9.98. The Morgan fingerprint density at radius 2 is 1.80 bits per heavy atom. The first-order valence-corrected chi connectivity index (χ1v) is 5.41. The van der Waals surface area contributed by atoms with Gasteiger partial charge in [-0.15, -0.1) is 13.2 Å². The first kappa shape index (κ1) is 13.7. The summed E-state index contributed by atoms with van der Waals surface area (Å²) in [5.41, 5.74) is 7.04. The molecule has 2 N–H and O–H groups in total. The molecule has 0 atom stereocenters. The zero-order valence-electron chi connectivity index (χ0n) is 9.98. The summed E-state index contributed by atoms with van der Waals surface area (Å²) >= 11 is 0. The Morgan fingerprint density at radius 3 is 2.35 bits per heavy atom. The monoisotopic (exact) mass is 279 g/mol. The number of anilines is 1. The lowest BCUT2D eigenvalue weighted by molar-refractivity contribution is -0.274. The van der Waals surface area contributed by atoms with Gasteiger partial charge in [-0.25, -0.2) is 0 Å². The van der Waals surface area contributed by atoms with Crippen molar-refractivity contribution in [3.63, 3.8) is 0 Å². The van der Waals surface area contributed by atoms with Crippen LogP contribution in [0.15, 0.2) is 36.5 Å². The van der Waals surface area contributed by atoms with Crippen LogP contribution in [0.2, 0.25) is 0 Å². The van der Waals surface area contributed by atoms with Crippen molar-refractivity contribution in [1.82, 2.24) is 4.98 Å². The molecule has 0 aliphatic carbocycles. The second-order valence-corrected chi connectivity index (χ2v) is 3.80. The lowest BCUT2D eigenvalue weighted by Gasteiger charge is -2.10. The van der Waals surface area contributed by atoms with Crippen molar-refractivity contribution >= 4 is 5.69 Å². The maximum Gasteiger partial charge on any atom is 0.573 e. The van der Waals surface area contributed by atoms with Gasteiger partial charge in [-0.3, -0.25) is 4.98 Å². The first-order chi connectivity index (χ1) is 9.40. The van der Waals surface area contributed by atoms with E-state index < -0.39 is 6.36 Å². The van der Waals surface area contributed by atoms with E-state index in [2.05, 4.69) is 9.72 Å². The molecule has 0 aliphatic heterocycles. The Labute approximate surface area is 112 Å². The standard InChI is InChI=1S/C13H8F3N3O/c14-13(15,16)20-10-3-1-8(2-4-10)12-11(18)9(7-17)5-6-19-12/h1-6H,18H2. The number of halogens is 3. The minimum atomic E-state index is -4.74. The number of hydrogen-bond donors (Lipinski definition) is 1. The fourth-order valence-electron chi connectivity index (χ4n) is 1.62. The van der Waals surface area contributed by atoms with Crippen LogP contribution in [0.5, 0.6) is 5.75 Å². The van der Waals surface area contributed by atoms with Crippen LogP contribution in [0, 0.1) is 11.3 Å². The zero-order chi connectivity index (χ0) is 14.8. The van der Waals surface area contributed by atoms with Crippen molar-refractivity contribution in [3.8, 4) is 23.1 Å². The third-order valence-electron chi connectivity index (χ3n) is 2.47. The van der Waals surface area contributed by atoms with Crippen LogP contribution < -0.4 is 10.5 Å². The molecule has 1 aromatic carbocycles. The van der Waals surface area contributed by atoms with Crippen molar-refractivity contribution in [2.24, 2.45) is 0 Å². The van der Waals surface area contributed by atoms with E-state index in [0.29, 0.717) is 11.3 Å². The summed E-state index contributed by atoms with van der Waals surface area (Å²) in [4.78, 5) is 4.02. The molecule has 0 radical (unpaired) electrons. The van der Waals surface area contributed by atoms with Crippen molar-refractivity contribution in [2.75, 3.05) is 5.73 Å². The lowest BCUT2D eigenvalue weighted by atomic mass is 10.1. The molecular weight excluding hydrogens is 271 g/mol.